The van der Waals surface area contributed by atoms with Gasteiger partial charge in [0.25, 0.3) is 0 Å². The van der Waals surface area contributed by atoms with Gasteiger partial charge in [0.15, 0.2) is 0 Å². The highest BCUT2D eigenvalue weighted by Crippen LogP contribution is 2.26. The second kappa shape index (κ2) is 4.13. The molecule has 0 fully saturated rings. The maximum absolute atomic E-state index is 4.44. The van der Waals surface area contributed by atoms with E-state index in [1.807, 2.05) is 18.8 Å². The molecule has 0 aliphatic rings. The molecule has 0 saturated heterocycles. The molecule has 0 saturated carbocycles. The van der Waals surface area contributed by atoms with Crippen LogP contribution in [0.25, 0.3) is 0 Å². The van der Waals surface area contributed by atoms with Crippen LogP contribution in [0.4, 0.5) is 0 Å². The third kappa shape index (κ3) is 1.82. The van der Waals surface area contributed by atoms with Crippen molar-refractivity contribution in [2.75, 3.05) is 7.05 Å². The summed E-state index contributed by atoms with van der Waals surface area (Å²) in [4.78, 5) is 0. The monoisotopic (exact) mass is 195 g/mol. The molecule has 1 heterocycles. The Morgan fingerprint density at radius 2 is 1.86 bits per heavy atom. The van der Waals surface area contributed by atoms with Crippen LogP contribution >= 0.6 is 0 Å². The molecule has 0 spiro atoms. The van der Waals surface area contributed by atoms with Gasteiger partial charge in [-0.25, -0.2) is 0 Å². The van der Waals surface area contributed by atoms with Crippen molar-refractivity contribution < 1.29 is 0 Å². The van der Waals surface area contributed by atoms with Crippen LogP contribution in [0, 0.1) is 19.8 Å². The van der Waals surface area contributed by atoms with Gasteiger partial charge in [-0.1, -0.05) is 13.8 Å². The van der Waals surface area contributed by atoms with E-state index in [2.05, 4.69) is 38.1 Å². The van der Waals surface area contributed by atoms with Crippen molar-refractivity contribution in [2.24, 2.45) is 13.0 Å². The molecule has 1 rings (SSSR count). The average molecular weight is 195 g/mol. The van der Waals surface area contributed by atoms with E-state index >= 15 is 0 Å². The van der Waals surface area contributed by atoms with Gasteiger partial charge in [-0.3, -0.25) is 4.68 Å². The zero-order valence-corrected chi connectivity index (χ0v) is 10.0. The zero-order valence-electron chi connectivity index (χ0n) is 10.0. The van der Waals surface area contributed by atoms with E-state index in [0.29, 0.717) is 12.0 Å². The van der Waals surface area contributed by atoms with Crippen molar-refractivity contribution in [1.82, 2.24) is 15.1 Å². The van der Waals surface area contributed by atoms with E-state index in [4.69, 9.17) is 0 Å². The van der Waals surface area contributed by atoms with Crippen LogP contribution in [0.2, 0.25) is 0 Å². The van der Waals surface area contributed by atoms with Crippen molar-refractivity contribution in [3.05, 3.63) is 17.0 Å². The van der Waals surface area contributed by atoms with Crippen molar-refractivity contribution >= 4 is 0 Å². The van der Waals surface area contributed by atoms with Gasteiger partial charge in [0.2, 0.25) is 0 Å². The fourth-order valence-corrected chi connectivity index (χ4v) is 2.05. The van der Waals surface area contributed by atoms with Crippen LogP contribution in [-0.4, -0.2) is 16.8 Å². The lowest BCUT2D eigenvalue weighted by molar-refractivity contribution is 0.439. The molecule has 0 aromatic carbocycles. The van der Waals surface area contributed by atoms with Crippen LogP contribution in [0.3, 0.4) is 0 Å². The molecule has 3 nitrogen and oxygen atoms in total. The Bertz CT molecular complexity index is 313. The van der Waals surface area contributed by atoms with Crippen LogP contribution < -0.4 is 5.32 Å². The van der Waals surface area contributed by atoms with Gasteiger partial charge in [0.05, 0.1) is 5.69 Å². The normalized spacial score (nSPS) is 13.6. The van der Waals surface area contributed by atoms with Gasteiger partial charge in [-0.05, 0) is 26.8 Å². The summed E-state index contributed by atoms with van der Waals surface area (Å²) < 4.78 is 1.96. The van der Waals surface area contributed by atoms with E-state index in [1.54, 1.807) is 0 Å². The topological polar surface area (TPSA) is 29.9 Å². The fourth-order valence-electron chi connectivity index (χ4n) is 2.05. The van der Waals surface area contributed by atoms with Gasteiger partial charge in [-0.15, -0.1) is 0 Å². The summed E-state index contributed by atoms with van der Waals surface area (Å²) in [5.74, 6) is 0.585. The molecule has 80 valence electrons. The van der Waals surface area contributed by atoms with E-state index in [1.165, 1.54) is 11.3 Å². The smallest absolute Gasteiger partial charge is 0.0644 e. The van der Waals surface area contributed by atoms with E-state index in [9.17, 15) is 0 Å². The number of aryl methyl sites for hydroxylation is 2. The molecule has 0 amide bonds. The first-order valence-electron chi connectivity index (χ1n) is 5.16. The summed E-state index contributed by atoms with van der Waals surface area (Å²) in [7, 11) is 4.01. The first-order valence-corrected chi connectivity index (χ1v) is 5.16. The number of hydrogen-bond donors (Lipinski definition) is 1. The molecule has 0 radical (unpaired) electrons. The fraction of sp³-hybridized carbons (Fsp3) is 0.727. The second-order valence-corrected chi connectivity index (χ2v) is 4.22. The average Bonchev–Trinajstić information content (AvgIpc) is 2.32. The van der Waals surface area contributed by atoms with Crippen molar-refractivity contribution in [3.63, 3.8) is 0 Å². The van der Waals surface area contributed by atoms with Gasteiger partial charge < -0.3 is 5.32 Å². The maximum atomic E-state index is 4.44. The lowest BCUT2D eigenvalue weighted by Gasteiger charge is -2.20. The SMILES string of the molecule is CNC(c1c(C)nn(C)c1C)C(C)C. The summed E-state index contributed by atoms with van der Waals surface area (Å²) in [6.45, 7) is 8.66. The number of nitrogens with one attached hydrogen (secondary N) is 1. The number of hydrogen-bond acceptors (Lipinski definition) is 2. The highest BCUT2D eigenvalue weighted by atomic mass is 15.3. The summed E-state index contributed by atoms with van der Waals surface area (Å²) in [6, 6.07) is 0.406. The number of rotatable bonds is 3. The molecule has 0 aliphatic heterocycles. The maximum Gasteiger partial charge on any atom is 0.0644 e. The Morgan fingerprint density at radius 1 is 1.29 bits per heavy atom. The van der Waals surface area contributed by atoms with Gasteiger partial charge in [-0.2, -0.15) is 5.10 Å². The Balaban J connectivity index is 3.15. The molecule has 14 heavy (non-hydrogen) atoms. The van der Waals surface area contributed by atoms with Crippen molar-refractivity contribution in [2.45, 2.75) is 33.7 Å². The van der Waals surface area contributed by atoms with Crippen LogP contribution in [0.5, 0.6) is 0 Å². The van der Waals surface area contributed by atoms with E-state index < -0.39 is 0 Å². The summed E-state index contributed by atoms with van der Waals surface area (Å²) in [5, 5.41) is 7.80. The predicted octanol–water partition coefficient (Wildman–Crippen LogP) is 1.95. The minimum atomic E-state index is 0.406. The van der Waals surface area contributed by atoms with Crippen molar-refractivity contribution in [1.29, 1.82) is 0 Å². The van der Waals surface area contributed by atoms with Crippen LogP contribution in [0.1, 0.15) is 36.8 Å². The minimum Gasteiger partial charge on any atom is -0.313 e. The summed E-state index contributed by atoms with van der Waals surface area (Å²) in [5.41, 5.74) is 3.75. The Labute approximate surface area is 86.5 Å². The second-order valence-electron chi connectivity index (χ2n) is 4.22. The zero-order chi connectivity index (χ0) is 10.9. The van der Waals surface area contributed by atoms with E-state index in [0.717, 1.165) is 5.69 Å². The van der Waals surface area contributed by atoms with Crippen LogP contribution in [-0.2, 0) is 7.05 Å². The third-order valence-electron chi connectivity index (χ3n) is 2.85. The lowest BCUT2D eigenvalue weighted by Crippen LogP contribution is -2.23. The first kappa shape index (κ1) is 11.2. The van der Waals surface area contributed by atoms with Crippen molar-refractivity contribution in [3.8, 4) is 0 Å². The lowest BCUT2D eigenvalue weighted by atomic mass is 9.95. The van der Waals surface area contributed by atoms with Gasteiger partial charge >= 0.3 is 0 Å². The standard InChI is InChI=1S/C11H21N3/c1-7(2)11(12-5)10-8(3)13-14(6)9(10)4/h7,11-12H,1-6H3. The molecule has 1 atom stereocenters. The molecule has 1 N–H and O–H groups in total. The Morgan fingerprint density at radius 3 is 2.14 bits per heavy atom. The largest absolute Gasteiger partial charge is 0.313 e. The molecule has 1 unspecified atom stereocenters. The quantitative estimate of drug-likeness (QED) is 0.799. The highest BCUT2D eigenvalue weighted by molar-refractivity contribution is 5.28. The van der Waals surface area contributed by atoms with Crippen LogP contribution in [0.15, 0.2) is 0 Å². The van der Waals surface area contributed by atoms with E-state index in [-0.39, 0.29) is 0 Å². The summed E-state index contributed by atoms with van der Waals surface area (Å²) >= 11 is 0. The van der Waals surface area contributed by atoms with Gasteiger partial charge in [0, 0.05) is 24.3 Å². The molecular weight excluding hydrogens is 174 g/mol. The molecule has 1 aromatic rings. The Hall–Kier alpha value is -0.830. The predicted molar refractivity (Wildman–Crippen MR) is 59.3 cm³/mol. The first-order chi connectivity index (χ1) is 6.49. The number of aromatic nitrogens is 2. The molecule has 3 heteroatoms. The molecular formula is C11H21N3. The summed E-state index contributed by atoms with van der Waals surface area (Å²) in [6.07, 6.45) is 0. The molecule has 1 aromatic heterocycles. The molecule has 0 bridgehead atoms. The highest BCUT2D eigenvalue weighted by Gasteiger charge is 2.21. The minimum absolute atomic E-state index is 0.406. The third-order valence-corrected chi connectivity index (χ3v) is 2.85. The Kier molecular flexibility index (Phi) is 3.32. The number of nitrogens with zero attached hydrogens (tertiary/aromatic N) is 2. The molecule has 0 aliphatic carbocycles. The van der Waals surface area contributed by atoms with Gasteiger partial charge in [0.1, 0.15) is 0 Å².